The molecule has 12 heteroatoms. The number of halogens is 4. The third-order valence-electron chi connectivity index (χ3n) is 4.25. The molecule has 7 nitrogen and oxygen atoms in total. The fraction of sp³-hybridized carbons (Fsp3) is 0.111. The highest BCUT2D eigenvalue weighted by molar-refractivity contribution is 7.15. The number of H-pyrrole nitrogens is 2. The standard InChI is InChI=1S/C18H11ClF3N5O2S/c19-11-6-30-17(14(11)15-23-7-24-27-15)26-13(28)5-9-3-8-4-10(18(20,21)22)1-2-12(8)25-16(9)29/h1-4,6-7H,5H2,(H,25,29)(H,26,28)(H,23,24,27). The molecule has 0 bridgehead atoms. The molecule has 0 aliphatic carbocycles. The number of hydrogen-bond acceptors (Lipinski definition) is 5. The van der Waals surface area contributed by atoms with Crippen LogP contribution in [0.4, 0.5) is 18.2 Å². The zero-order valence-corrected chi connectivity index (χ0v) is 16.4. The van der Waals surface area contributed by atoms with Gasteiger partial charge in [0.15, 0.2) is 5.82 Å². The fourth-order valence-electron chi connectivity index (χ4n) is 2.88. The second-order valence-corrected chi connectivity index (χ2v) is 7.56. The van der Waals surface area contributed by atoms with Gasteiger partial charge in [-0.1, -0.05) is 11.6 Å². The third kappa shape index (κ3) is 3.94. The molecule has 4 rings (SSSR count). The van der Waals surface area contributed by atoms with Crippen molar-refractivity contribution >= 4 is 44.7 Å². The van der Waals surface area contributed by atoms with E-state index in [0.717, 1.165) is 23.5 Å². The average Bonchev–Trinajstić information content (AvgIpc) is 3.31. The summed E-state index contributed by atoms with van der Waals surface area (Å²) in [7, 11) is 0. The van der Waals surface area contributed by atoms with Gasteiger partial charge in [0.1, 0.15) is 11.3 Å². The molecule has 30 heavy (non-hydrogen) atoms. The summed E-state index contributed by atoms with van der Waals surface area (Å²) in [6.07, 6.45) is -3.57. The molecule has 3 heterocycles. The van der Waals surface area contributed by atoms with Crippen molar-refractivity contribution in [2.24, 2.45) is 0 Å². The summed E-state index contributed by atoms with van der Waals surface area (Å²) in [4.78, 5) is 31.3. The first kappa shape index (κ1) is 20.1. The summed E-state index contributed by atoms with van der Waals surface area (Å²) in [5.74, 6) is -0.175. The summed E-state index contributed by atoms with van der Waals surface area (Å²) in [6, 6.07) is 4.27. The molecule has 1 aromatic carbocycles. The van der Waals surface area contributed by atoms with E-state index >= 15 is 0 Å². The SMILES string of the molecule is O=C(Cc1cc2cc(C(F)(F)F)ccc2[nH]c1=O)Nc1scc(Cl)c1-c1ncn[nH]1. The number of amides is 1. The second kappa shape index (κ2) is 7.58. The number of anilines is 1. The van der Waals surface area contributed by atoms with Crippen LogP contribution in [0.15, 0.2) is 40.8 Å². The maximum absolute atomic E-state index is 12.9. The smallest absolute Gasteiger partial charge is 0.322 e. The van der Waals surface area contributed by atoms with Gasteiger partial charge >= 0.3 is 6.18 Å². The lowest BCUT2D eigenvalue weighted by Crippen LogP contribution is -2.21. The van der Waals surface area contributed by atoms with E-state index in [4.69, 9.17) is 11.6 Å². The number of fused-ring (bicyclic) bond motifs is 1. The van der Waals surface area contributed by atoms with Crippen LogP contribution in [-0.4, -0.2) is 26.1 Å². The number of benzene rings is 1. The Kier molecular flexibility index (Phi) is 5.08. The number of carbonyl (C=O) groups is 1. The fourth-order valence-corrected chi connectivity index (χ4v) is 4.09. The molecule has 0 unspecified atom stereocenters. The molecule has 3 N–H and O–H groups in total. The van der Waals surface area contributed by atoms with Crippen LogP contribution in [0.2, 0.25) is 5.02 Å². The summed E-state index contributed by atoms with van der Waals surface area (Å²) in [5, 5.41) is 11.6. The maximum atomic E-state index is 12.9. The molecular weight excluding hydrogens is 443 g/mol. The highest BCUT2D eigenvalue weighted by Crippen LogP contribution is 2.38. The number of aromatic nitrogens is 4. The van der Waals surface area contributed by atoms with Crippen LogP contribution in [0.1, 0.15) is 11.1 Å². The van der Waals surface area contributed by atoms with E-state index in [2.05, 4.69) is 25.5 Å². The molecular formula is C18H11ClF3N5O2S. The van der Waals surface area contributed by atoms with Gasteiger partial charge in [0.2, 0.25) is 5.91 Å². The normalized spacial score (nSPS) is 11.7. The Labute approximate surface area is 174 Å². The molecule has 0 radical (unpaired) electrons. The van der Waals surface area contributed by atoms with Crippen LogP contribution >= 0.6 is 22.9 Å². The van der Waals surface area contributed by atoms with E-state index < -0.39 is 23.2 Å². The number of pyridine rings is 1. The summed E-state index contributed by atoms with van der Waals surface area (Å²) >= 11 is 7.31. The Morgan fingerprint density at radius 3 is 2.77 bits per heavy atom. The minimum absolute atomic E-state index is 0.0307. The van der Waals surface area contributed by atoms with Gasteiger partial charge in [0.05, 0.1) is 22.6 Å². The molecule has 0 spiro atoms. The molecule has 4 aromatic rings. The van der Waals surface area contributed by atoms with Gasteiger partial charge in [-0.2, -0.15) is 18.3 Å². The molecule has 0 aliphatic rings. The highest BCUT2D eigenvalue weighted by Gasteiger charge is 2.30. The first-order chi connectivity index (χ1) is 14.2. The zero-order valence-electron chi connectivity index (χ0n) is 14.8. The Balaban J connectivity index is 1.61. The van der Waals surface area contributed by atoms with E-state index in [1.807, 2.05) is 0 Å². The topological polar surface area (TPSA) is 104 Å². The van der Waals surface area contributed by atoms with Crippen LogP contribution in [0, 0.1) is 0 Å². The monoisotopic (exact) mass is 453 g/mol. The quantitative estimate of drug-likeness (QED) is 0.430. The third-order valence-corrected chi connectivity index (χ3v) is 5.57. The number of rotatable bonds is 4. The van der Waals surface area contributed by atoms with Crippen molar-refractivity contribution in [3.8, 4) is 11.4 Å². The lowest BCUT2D eigenvalue weighted by molar-refractivity contribution is -0.137. The summed E-state index contributed by atoms with van der Waals surface area (Å²) < 4.78 is 38.8. The molecule has 0 atom stereocenters. The van der Waals surface area contributed by atoms with Gasteiger partial charge < -0.3 is 10.3 Å². The Hall–Kier alpha value is -3.18. The van der Waals surface area contributed by atoms with Gasteiger partial charge in [0.25, 0.3) is 5.56 Å². The number of aromatic amines is 2. The van der Waals surface area contributed by atoms with Crippen LogP contribution in [0.3, 0.4) is 0 Å². The number of alkyl halides is 3. The van der Waals surface area contributed by atoms with Crippen molar-refractivity contribution in [2.75, 3.05) is 5.32 Å². The maximum Gasteiger partial charge on any atom is 0.416 e. The Bertz CT molecular complexity index is 1300. The molecule has 0 fully saturated rings. The second-order valence-electron chi connectivity index (χ2n) is 6.27. The molecule has 154 valence electrons. The highest BCUT2D eigenvalue weighted by atomic mass is 35.5. The number of thiophene rings is 1. The minimum Gasteiger partial charge on any atom is -0.322 e. The van der Waals surface area contributed by atoms with Crippen molar-refractivity contribution in [3.05, 3.63) is 62.5 Å². The summed E-state index contributed by atoms with van der Waals surface area (Å²) in [6.45, 7) is 0. The predicted molar refractivity (Wildman–Crippen MR) is 107 cm³/mol. The van der Waals surface area contributed by atoms with E-state index in [9.17, 15) is 22.8 Å². The van der Waals surface area contributed by atoms with E-state index in [1.165, 1.54) is 18.5 Å². The number of nitrogens with one attached hydrogen (secondary N) is 3. The van der Waals surface area contributed by atoms with Crippen molar-refractivity contribution in [1.29, 1.82) is 0 Å². The molecule has 3 aromatic heterocycles. The van der Waals surface area contributed by atoms with Crippen LogP contribution in [0.25, 0.3) is 22.3 Å². The van der Waals surface area contributed by atoms with Crippen molar-refractivity contribution in [2.45, 2.75) is 12.6 Å². The Morgan fingerprint density at radius 1 is 1.27 bits per heavy atom. The van der Waals surface area contributed by atoms with Crippen LogP contribution in [0.5, 0.6) is 0 Å². The van der Waals surface area contributed by atoms with E-state index in [0.29, 0.717) is 21.4 Å². The van der Waals surface area contributed by atoms with Gasteiger partial charge in [-0.15, -0.1) is 11.3 Å². The first-order valence-electron chi connectivity index (χ1n) is 8.38. The minimum atomic E-state index is -4.52. The zero-order chi connectivity index (χ0) is 21.5. The van der Waals surface area contributed by atoms with Crippen LogP contribution in [-0.2, 0) is 17.4 Å². The number of hydrogen-bond donors (Lipinski definition) is 3. The molecule has 1 amide bonds. The molecule has 0 saturated carbocycles. The number of nitrogens with zero attached hydrogens (tertiary/aromatic N) is 2. The van der Waals surface area contributed by atoms with Gasteiger partial charge in [-0.05, 0) is 29.7 Å². The average molecular weight is 454 g/mol. The van der Waals surface area contributed by atoms with Crippen molar-refractivity contribution in [1.82, 2.24) is 20.2 Å². The largest absolute Gasteiger partial charge is 0.416 e. The lowest BCUT2D eigenvalue weighted by atomic mass is 10.1. The number of carbonyl (C=O) groups excluding carboxylic acids is 1. The van der Waals surface area contributed by atoms with Gasteiger partial charge in [-0.3, -0.25) is 14.7 Å². The van der Waals surface area contributed by atoms with E-state index in [-0.39, 0.29) is 22.9 Å². The van der Waals surface area contributed by atoms with Crippen LogP contribution < -0.4 is 10.9 Å². The Morgan fingerprint density at radius 2 is 2.07 bits per heavy atom. The first-order valence-corrected chi connectivity index (χ1v) is 9.64. The lowest BCUT2D eigenvalue weighted by Gasteiger charge is -2.09. The van der Waals surface area contributed by atoms with Gasteiger partial charge in [-0.25, -0.2) is 4.98 Å². The predicted octanol–water partition coefficient (Wildman–Crippen LogP) is 4.23. The van der Waals surface area contributed by atoms with Crippen molar-refractivity contribution < 1.29 is 18.0 Å². The van der Waals surface area contributed by atoms with Gasteiger partial charge in [0, 0.05) is 16.5 Å². The molecule has 0 saturated heterocycles. The van der Waals surface area contributed by atoms with Crippen molar-refractivity contribution in [3.63, 3.8) is 0 Å². The molecule has 0 aliphatic heterocycles. The van der Waals surface area contributed by atoms with E-state index in [1.54, 1.807) is 5.38 Å². The summed E-state index contributed by atoms with van der Waals surface area (Å²) in [5.41, 5.74) is -0.674.